The molecule has 1 atom stereocenters. The fraction of sp³-hybridized carbons (Fsp3) is 0.250. The number of hydrogen-bond donors (Lipinski definition) is 1. The first-order valence-corrected chi connectivity index (χ1v) is 6.37. The zero-order chi connectivity index (χ0) is 13.7. The summed E-state index contributed by atoms with van der Waals surface area (Å²) in [7, 11) is 1.87. The van der Waals surface area contributed by atoms with Crippen LogP contribution in [0.1, 0.15) is 23.6 Å². The van der Waals surface area contributed by atoms with Gasteiger partial charge in [-0.3, -0.25) is 0 Å². The van der Waals surface area contributed by atoms with Gasteiger partial charge in [0.15, 0.2) is 11.6 Å². The zero-order valence-electron chi connectivity index (χ0n) is 10.9. The predicted molar refractivity (Wildman–Crippen MR) is 72.9 cm³/mol. The van der Waals surface area contributed by atoms with Crippen LogP contribution >= 0.6 is 0 Å². The molecule has 1 N–H and O–H groups in total. The van der Waals surface area contributed by atoms with E-state index < -0.39 is 11.6 Å². The second kappa shape index (κ2) is 6.43. The number of aryl methyl sites for hydroxylation is 1. The van der Waals surface area contributed by atoms with Crippen LogP contribution in [0, 0.1) is 11.6 Å². The lowest BCUT2D eigenvalue weighted by Gasteiger charge is -2.16. The van der Waals surface area contributed by atoms with Gasteiger partial charge in [-0.15, -0.1) is 0 Å². The molecule has 0 aromatic heterocycles. The van der Waals surface area contributed by atoms with Crippen LogP contribution in [0.2, 0.25) is 0 Å². The summed E-state index contributed by atoms with van der Waals surface area (Å²) in [5, 5.41) is 3.21. The first-order valence-electron chi connectivity index (χ1n) is 6.37. The van der Waals surface area contributed by atoms with Crippen molar-refractivity contribution < 1.29 is 8.78 Å². The zero-order valence-corrected chi connectivity index (χ0v) is 10.9. The highest BCUT2D eigenvalue weighted by Gasteiger charge is 2.12. The molecule has 1 nitrogen and oxygen atoms in total. The molecule has 100 valence electrons. The van der Waals surface area contributed by atoms with Crippen molar-refractivity contribution in [2.45, 2.75) is 18.9 Å². The summed E-state index contributed by atoms with van der Waals surface area (Å²) in [5.74, 6) is -1.51. The Kier molecular flexibility index (Phi) is 4.63. The van der Waals surface area contributed by atoms with Gasteiger partial charge in [0.25, 0.3) is 0 Å². The summed E-state index contributed by atoms with van der Waals surface area (Å²) < 4.78 is 26.7. The molecule has 0 aliphatic rings. The Morgan fingerprint density at radius 1 is 1.00 bits per heavy atom. The smallest absolute Gasteiger partial charge is 0.162 e. The van der Waals surface area contributed by atoms with Gasteiger partial charge < -0.3 is 5.32 Å². The highest BCUT2D eigenvalue weighted by molar-refractivity contribution is 5.22. The highest BCUT2D eigenvalue weighted by Crippen LogP contribution is 2.20. The first kappa shape index (κ1) is 13.7. The maximum atomic E-state index is 13.6. The minimum atomic E-state index is -0.779. The molecule has 0 saturated heterocycles. The van der Waals surface area contributed by atoms with Crippen LogP contribution in [0.3, 0.4) is 0 Å². The van der Waals surface area contributed by atoms with Crippen molar-refractivity contribution in [1.29, 1.82) is 0 Å². The highest BCUT2D eigenvalue weighted by atomic mass is 19.2. The Balaban J connectivity index is 2.06. The summed E-state index contributed by atoms with van der Waals surface area (Å²) >= 11 is 0. The third kappa shape index (κ3) is 3.38. The van der Waals surface area contributed by atoms with Crippen LogP contribution in [0.25, 0.3) is 0 Å². The van der Waals surface area contributed by atoms with E-state index in [1.165, 1.54) is 0 Å². The lowest BCUT2D eigenvalue weighted by atomic mass is 9.99. The Hall–Kier alpha value is -1.74. The molecule has 0 spiro atoms. The average Bonchev–Trinajstić information content (AvgIpc) is 2.45. The SMILES string of the molecule is CNC(CCc1cccc(F)c1F)c1ccccc1. The standard InChI is InChI=1S/C16H17F2N/c1-19-15(12-6-3-2-4-7-12)11-10-13-8-5-9-14(17)16(13)18/h2-9,15,19H,10-11H2,1H3. The maximum absolute atomic E-state index is 13.6. The lowest BCUT2D eigenvalue weighted by molar-refractivity contribution is 0.487. The third-order valence-electron chi connectivity index (χ3n) is 3.28. The second-order valence-electron chi connectivity index (χ2n) is 4.50. The molecule has 2 aromatic carbocycles. The van der Waals surface area contributed by atoms with E-state index in [1.54, 1.807) is 12.1 Å². The van der Waals surface area contributed by atoms with Crippen molar-refractivity contribution >= 4 is 0 Å². The molecule has 0 fully saturated rings. The molecule has 0 bridgehead atoms. The summed E-state index contributed by atoms with van der Waals surface area (Å²) in [5.41, 5.74) is 1.58. The Labute approximate surface area is 112 Å². The van der Waals surface area contributed by atoms with Gasteiger partial charge in [0.2, 0.25) is 0 Å². The van der Waals surface area contributed by atoms with Crippen LogP contribution < -0.4 is 5.32 Å². The summed E-state index contributed by atoms with van der Waals surface area (Å²) in [6, 6.07) is 14.4. The fourth-order valence-electron chi connectivity index (χ4n) is 2.20. The minimum Gasteiger partial charge on any atom is -0.313 e. The third-order valence-corrected chi connectivity index (χ3v) is 3.28. The van der Waals surface area contributed by atoms with Gasteiger partial charge in [0.05, 0.1) is 0 Å². The number of benzene rings is 2. The fourth-order valence-corrected chi connectivity index (χ4v) is 2.20. The van der Waals surface area contributed by atoms with Gasteiger partial charge in [-0.05, 0) is 37.1 Å². The second-order valence-corrected chi connectivity index (χ2v) is 4.50. The van der Waals surface area contributed by atoms with E-state index in [0.717, 1.165) is 18.1 Å². The number of nitrogens with one attached hydrogen (secondary N) is 1. The molecule has 0 heterocycles. The molecule has 0 aliphatic heterocycles. The van der Waals surface area contributed by atoms with Crippen LogP contribution in [-0.4, -0.2) is 7.05 Å². The van der Waals surface area contributed by atoms with Crippen LogP contribution in [-0.2, 0) is 6.42 Å². The normalized spacial score (nSPS) is 12.4. The monoisotopic (exact) mass is 261 g/mol. The van der Waals surface area contributed by atoms with Crippen LogP contribution in [0.5, 0.6) is 0 Å². The van der Waals surface area contributed by atoms with Crippen molar-refractivity contribution in [3.63, 3.8) is 0 Å². The maximum Gasteiger partial charge on any atom is 0.162 e. The molecular weight excluding hydrogens is 244 g/mol. The summed E-state index contributed by atoms with van der Waals surface area (Å²) in [6.45, 7) is 0. The van der Waals surface area contributed by atoms with Gasteiger partial charge in [0, 0.05) is 6.04 Å². The van der Waals surface area contributed by atoms with E-state index in [0.29, 0.717) is 12.0 Å². The summed E-state index contributed by atoms with van der Waals surface area (Å²) in [6.07, 6.45) is 1.23. The Morgan fingerprint density at radius 2 is 1.74 bits per heavy atom. The number of rotatable bonds is 5. The molecule has 3 heteroatoms. The predicted octanol–water partition coefficient (Wildman–Crippen LogP) is 3.86. The Morgan fingerprint density at radius 3 is 2.42 bits per heavy atom. The van der Waals surface area contributed by atoms with Gasteiger partial charge in [-0.25, -0.2) is 8.78 Å². The molecular formula is C16H17F2N. The van der Waals surface area contributed by atoms with E-state index >= 15 is 0 Å². The number of hydrogen-bond acceptors (Lipinski definition) is 1. The van der Waals surface area contributed by atoms with Gasteiger partial charge in [-0.1, -0.05) is 42.5 Å². The van der Waals surface area contributed by atoms with Crippen LogP contribution in [0.15, 0.2) is 48.5 Å². The lowest BCUT2D eigenvalue weighted by Crippen LogP contribution is -2.17. The van der Waals surface area contributed by atoms with E-state index in [4.69, 9.17) is 0 Å². The molecule has 0 saturated carbocycles. The molecule has 2 rings (SSSR count). The Bertz CT molecular complexity index is 526. The molecule has 2 aromatic rings. The topological polar surface area (TPSA) is 12.0 Å². The first-order chi connectivity index (χ1) is 9.22. The van der Waals surface area contributed by atoms with Crippen LogP contribution in [0.4, 0.5) is 8.78 Å². The molecule has 19 heavy (non-hydrogen) atoms. The van der Waals surface area contributed by atoms with Crippen molar-refractivity contribution in [3.8, 4) is 0 Å². The van der Waals surface area contributed by atoms with E-state index in [2.05, 4.69) is 5.32 Å². The van der Waals surface area contributed by atoms with Gasteiger partial charge in [0.1, 0.15) is 0 Å². The van der Waals surface area contributed by atoms with E-state index in [-0.39, 0.29) is 6.04 Å². The molecule has 0 aliphatic carbocycles. The van der Waals surface area contributed by atoms with Crippen molar-refractivity contribution in [2.75, 3.05) is 7.05 Å². The van der Waals surface area contributed by atoms with Crippen molar-refractivity contribution in [3.05, 3.63) is 71.3 Å². The molecule has 0 radical (unpaired) electrons. The van der Waals surface area contributed by atoms with Crippen molar-refractivity contribution in [1.82, 2.24) is 5.32 Å². The van der Waals surface area contributed by atoms with E-state index in [9.17, 15) is 8.78 Å². The number of halogens is 2. The molecule has 1 unspecified atom stereocenters. The summed E-state index contributed by atoms with van der Waals surface area (Å²) in [4.78, 5) is 0. The van der Waals surface area contributed by atoms with Gasteiger partial charge in [-0.2, -0.15) is 0 Å². The molecule has 0 amide bonds. The minimum absolute atomic E-state index is 0.142. The largest absolute Gasteiger partial charge is 0.313 e. The van der Waals surface area contributed by atoms with E-state index in [1.807, 2.05) is 37.4 Å². The average molecular weight is 261 g/mol. The van der Waals surface area contributed by atoms with Gasteiger partial charge >= 0.3 is 0 Å². The quantitative estimate of drug-likeness (QED) is 0.861. The van der Waals surface area contributed by atoms with Crippen molar-refractivity contribution in [2.24, 2.45) is 0 Å².